The smallest absolute Gasteiger partial charge is 0.0629 e. The van der Waals surface area contributed by atoms with Crippen LogP contribution in [-0.4, -0.2) is 0 Å². The van der Waals surface area contributed by atoms with Crippen molar-refractivity contribution in [2.75, 3.05) is 0 Å². The molecule has 0 nitrogen and oxygen atoms in total. The van der Waals surface area contributed by atoms with Gasteiger partial charge in [0.2, 0.25) is 0 Å². The first-order valence-corrected chi connectivity index (χ1v) is 15.2. The van der Waals surface area contributed by atoms with Gasteiger partial charge in [-0.05, 0) is 83.9 Å². The number of benzene rings is 8. The molecule has 1 heterocycles. The molecule has 0 spiro atoms. The average molecular weight is 568 g/mol. The summed E-state index contributed by atoms with van der Waals surface area (Å²) in [6.07, 6.45) is 0. The predicted octanol–water partition coefficient (Wildman–Crippen LogP) is 12.5. The molecule has 9 aromatic rings. The van der Waals surface area contributed by atoms with Crippen LogP contribution in [0.5, 0.6) is 0 Å². The van der Waals surface area contributed by atoms with Crippen molar-refractivity contribution in [1.29, 1.82) is 0 Å². The Kier molecular flexibility index (Phi) is 4.45. The van der Waals surface area contributed by atoms with Crippen LogP contribution in [0.2, 0.25) is 0 Å². The molecule has 0 unspecified atom stereocenters. The Morgan fingerprint density at radius 3 is 1.72 bits per heavy atom. The maximum Gasteiger partial charge on any atom is 0.0629 e. The van der Waals surface area contributed by atoms with E-state index in [0.717, 1.165) is 38.2 Å². The summed E-state index contributed by atoms with van der Waals surface area (Å²) in [5, 5.41) is 8.63. The van der Waals surface area contributed by atoms with E-state index in [2.05, 4.69) is 91.0 Å². The zero-order chi connectivity index (χ0) is 32.7. The molecule has 1 aromatic heterocycles. The second-order valence-electron chi connectivity index (χ2n) is 10.9. The Hall–Kier alpha value is -5.24. The van der Waals surface area contributed by atoms with Gasteiger partial charge in [-0.1, -0.05) is 139 Å². The van der Waals surface area contributed by atoms with Crippen LogP contribution in [0.25, 0.3) is 85.9 Å². The summed E-state index contributed by atoms with van der Waals surface area (Å²) in [6.45, 7) is 0. The van der Waals surface area contributed by atoms with E-state index in [1.54, 1.807) is 0 Å². The lowest BCUT2D eigenvalue weighted by Crippen LogP contribution is -1.91. The van der Waals surface area contributed by atoms with Crippen LogP contribution in [-0.2, 0) is 0 Å². The second kappa shape index (κ2) is 9.66. The van der Waals surface area contributed by atoms with Crippen molar-refractivity contribution in [1.82, 2.24) is 0 Å². The molecule has 0 amide bonds. The fourth-order valence-electron chi connectivity index (χ4n) is 6.75. The minimum absolute atomic E-state index is 0.199. The Labute approximate surface area is 261 Å². The highest BCUT2D eigenvalue weighted by Gasteiger charge is 2.18. The lowest BCUT2D eigenvalue weighted by molar-refractivity contribution is 1.64. The highest BCUT2D eigenvalue weighted by atomic mass is 32.1. The maximum absolute atomic E-state index is 8.85. The van der Waals surface area contributed by atoms with Gasteiger partial charge < -0.3 is 0 Å². The van der Waals surface area contributed by atoms with Gasteiger partial charge in [-0.2, -0.15) is 0 Å². The highest BCUT2D eigenvalue weighted by molar-refractivity contribution is 7.26. The zero-order valence-corrected chi connectivity index (χ0v) is 23.8. The average Bonchev–Trinajstić information content (AvgIpc) is 3.52. The van der Waals surface area contributed by atoms with Gasteiger partial charge in [-0.3, -0.25) is 0 Å². The Morgan fingerprint density at radius 2 is 1.00 bits per heavy atom. The van der Waals surface area contributed by atoms with Crippen LogP contribution < -0.4 is 0 Å². The van der Waals surface area contributed by atoms with Gasteiger partial charge >= 0.3 is 0 Å². The monoisotopic (exact) mass is 567 g/mol. The number of thiophene rings is 1. The van der Waals surface area contributed by atoms with Crippen molar-refractivity contribution >= 4 is 63.8 Å². The molecule has 0 N–H and O–H groups in total. The molecule has 8 aromatic carbocycles. The van der Waals surface area contributed by atoms with Crippen LogP contribution in [0, 0.1) is 0 Å². The van der Waals surface area contributed by atoms with Crippen LogP contribution >= 0.6 is 11.3 Å². The molecule has 9 rings (SSSR count). The summed E-state index contributed by atoms with van der Waals surface area (Å²) in [6, 6.07) is 42.9. The van der Waals surface area contributed by atoms with E-state index in [9.17, 15) is 0 Å². The minimum Gasteiger partial charge on any atom is -0.135 e. The SMILES string of the molecule is [2H]c1c([2H])c([2H])c(-c2c3ccccc3c(-c3cccc(-c4cccc5sc6ccc7ccccc7c6c45)c3)c3ccccc23)c([2H])c1[2H]. The molecule has 0 atom stereocenters. The molecule has 0 saturated carbocycles. The minimum atomic E-state index is -0.391. The first-order chi connectivity index (χ1) is 23.4. The second-order valence-corrected chi connectivity index (χ2v) is 11.9. The molecule has 200 valence electrons. The van der Waals surface area contributed by atoms with Crippen molar-refractivity contribution in [2.45, 2.75) is 0 Å². The summed E-state index contributed by atoms with van der Waals surface area (Å²) in [7, 11) is 0. The van der Waals surface area contributed by atoms with E-state index in [4.69, 9.17) is 6.85 Å². The Balaban J connectivity index is 1.35. The van der Waals surface area contributed by atoms with E-state index in [1.807, 2.05) is 47.7 Å². The summed E-state index contributed by atoms with van der Waals surface area (Å²) in [5.41, 5.74) is 5.27. The topological polar surface area (TPSA) is 0 Å². The molecule has 0 aliphatic heterocycles. The number of rotatable bonds is 3. The highest BCUT2D eigenvalue weighted by Crippen LogP contribution is 2.46. The van der Waals surface area contributed by atoms with Crippen LogP contribution in [0.4, 0.5) is 0 Å². The van der Waals surface area contributed by atoms with E-state index in [0.29, 0.717) is 5.56 Å². The molecule has 0 bridgehead atoms. The lowest BCUT2D eigenvalue weighted by atomic mass is 9.85. The fraction of sp³-hybridized carbons (Fsp3) is 0. The zero-order valence-electron chi connectivity index (χ0n) is 28.0. The van der Waals surface area contributed by atoms with Gasteiger partial charge in [0.25, 0.3) is 0 Å². The Morgan fingerprint density at radius 1 is 0.419 bits per heavy atom. The molecule has 0 aliphatic carbocycles. The molecule has 0 radical (unpaired) electrons. The van der Waals surface area contributed by atoms with E-state index >= 15 is 0 Å². The molecule has 43 heavy (non-hydrogen) atoms. The first kappa shape index (κ1) is 19.8. The van der Waals surface area contributed by atoms with Gasteiger partial charge in [-0.15, -0.1) is 11.3 Å². The summed E-state index contributed by atoms with van der Waals surface area (Å²) >= 11 is 1.83. The van der Waals surface area contributed by atoms with Gasteiger partial charge in [0.1, 0.15) is 0 Å². The van der Waals surface area contributed by atoms with Crippen LogP contribution in [0.3, 0.4) is 0 Å². The van der Waals surface area contributed by atoms with Crippen molar-refractivity contribution in [2.24, 2.45) is 0 Å². The van der Waals surface area contributed by atoms with E-state index < -0.39 is 6.04 Å². The maximum atomic E-state index is 8.85. The van der Waals surface area contributed by atoms with Crippen LogP contribution in [0.1, 0.15) is 6.85 Å². The largest absolute Gasteiger partial charge is 0.135 e. The summed E-state index contributed by atoms with van der Waals surface area (Å²) in [5.74, 6) is 0. The van der Waals surface area contributed by atoms with E-state index in [1.165, 1.54) is 36.5 Å². The third kappa shape index (κ3) is 3.75. The van der Waals surface area contributed by atoms with Crippen LogP contribution in [0.15, 0.2) is 158 Å². The third-order valence-corrected chi connectivity index (χ3v) is 9.65. The summed E-state index contributed by atoms with van der Waals surface area (Å²) < 4.78 is 45.3. The molecule has 0 saturated heterocycles. The molecule has 0 aliphatic rings. The predicted molar refractivity (Wildman–Crippen MR) is 188 cm³/mol. The van der Waals surface area contributed by atoms with Gasteiger partial charge in [0, 0.05) is 20.2 Å². The van der Waals surface area contributed by atoms with Crippen molar-refractivity contribution in [3.63, 3.8) is 0 Å². The number of fused-ring (bicyclic) bond motifs is 7. The number of hydrogen-bond donors (Lipinski definition) is 0. The summed E-state index contributed by atoms with van der Waals surface area (Å²) in [4.78, 5) is 0. The van der Waals surface area contributed by atoms with Crippen molar-refractivity contribution in [3.05, 3.63) is 158 Å². The number of hydrogen-bond acceptors (Lipinski definition) is 1. The molecule has 0 fully saturated rings. The van der Waals surface area contributed by atoms with Gasteiger partial charge in [0.15, 0.2) is 0 Å². The van der Waals surface area contributed by atoms with Gasteiger partial charge in [0.05, 0.1) is 6.85 Å². The fourth-order valence-corrected chi connectivity index (χ4v) is 7.90. The third-order valence-electron chi connectivity index (χ3n) is 8.53. The Bertz CT molecular complexity index is 2710. The first-order valence-electron chi connectivity index (χ1n) is 16.9. The molecular weight excluding hydrogens is 537 g/mol. The standard InChI is InChI=1S/C42H26S/c1-2-13-28(14-3-1)39-33-18-6-8-20-35(33)40(36-21-9-7-19-34(36)39)30-16-10-15-29(26-30)32-22-11-23-37-42(32)41-31-17-5-4-12-27(31)24-25-38(41)43-37/h1-26H/i1D,2D,3D,13D,14D. The van der Waals surface area contributed by atoms with Crippen molar-refractivity contribution in [3.8, 4) is 33.4 Å². The lowest BCUT2D eigenvalue weighted by Gasteiger charge is -2.18. The molecular formula is C42H26S. The quantitative estimate of drug-likeness (QED) is 0.186. The van der Waals surface area contributed by atoms with Crippen molar-refractivity contribution < 1.29 is 6.85 Å². The molecule has 1 heteroatoms. The normalized spacial score (nSPS) is 13.3. The van der Waals surface area contributed by atoms with E-state index in [-0.39, 0.29) is 29.7 Å². The van der Waals surface area contributed by atoms with Gasteiger partial charge in [-0.25, -0.2) is 0 Å².